The average Bonchev–Trinajstić information content (AvgIpc) is 3.28. The molecule has 4 fully saturated rings. The molecule has 0 aromatic heterocycles. The van der Waals surface area contributed by atoms with Gasteiger partial charge in [0.15, 0.2) is 18.9 Å². The predicted molar refractivity (Wildman–Crippen MR) is 134 cm³/mol. The van der Waals surface area contributed by atoms with Gasteiger partial charge in [-0.2, -0.15) is 0 Å². The summed E-state index contributed by atoms with van der Waals surface area (Å²) in [4.78, 5) is 0. The van der Waals surface area contributed by atoms with Crippen molar-refractivity contribution in [2.75, 3.05) is 33.0 Å². The van der Waals surface area contributed by atoms with E-state index in [1.54, 1.807) is 0 Å². The molecule has 0 spiro atoms. The van der Waals surface area contributed by atoms with E-state index in [1.807, 2.05) is 0 Å². The molecule has 0 saturated carbocycles. The summed E-state index contributed by atoms with van der Waals surface area (Å²) in [6.07, 6.45) is -32.1. The Morgan fingerprint density at radius 1 is 0.444 bits per heavy atom. The quantitative estimate of drug-likeness (QED) is 0.0973. The van der Waals surface area contributed by atoms with Crippen LogP contribution >= 0.6 is 0 Å². The third-order valence-electron chi connectivity index (χ3n) is 8.29. The summed E-state index contributed by atoms with van der Waals surface area (Å²) in [6.45, 7) is -4.50. The van der Waals surface area contributed by atoms with Gasteiger partial charge in [0.2, 0.25) is 5.79 Å². The van der Waals surface area contributed by atoms with Gasteiger partial charge < -0.3 is 105 Å². The van der Waals surface area contributed by atoms with Crippen LogP contribution in [0.25, 0.3) is 0 Å². The van der Waals surface area contributed by atoms with E-state index in [0.29, 0.717) is 0 Å². The van der Waals surface area contributed by atoms with Gasteiger partial charge in [-0.25, -0.2) is 0 Å². The van der Waals surface area contributed by atoms with Gasteiger partial charge in [-0.1, -0.05) is 0 Å². The van der Waals surface area contributed by atoms with E-state index in [2.05, 4.69) is 0 Å². The number of hydrogen-bond donors (Lipinski definition) is 14. The second-order valence-corrected chi connectivity index (χ2v) is 11.2. The minimum atomic E-state index is -2.43. The SMILES string of the molecule is OCC1OC(OC2[C@H](O)C(O)C(OC3(CO)O[C@H](CO)C(O)[C@@H]3O)O[C@@H]2CO)[C@H](O)C(O)[C@@H]1O[C@H]1O[C@H](CO)C(O)[C@H](O)C1O. The predicted octanol–water partition coefficient (Wildman–Crippen LogP) is -9.75. The molecule has 10 unspecified atom stereocenters. The normalized spacial score (nSPS) is 52.7. The topological polar surface area (TPSA) is 348 Å². The van der Waals surface area contributed by atoms with Crippen LogP contribution in [-0.4, -0.2) is 221 Å². The van der Waals surface area contributed by atoms with Gasteiger partial charge >= 0.3 is 0 Å². The lowest BCUT2D eigenvalue weighted by Gasteiger charge is -2.48. The molecule has 0 aromatic carbocycles. The Hall–Kier alpha value is -0.840. The number of hydrogen-bond acceptors (Lipinski definition) is 21. The molecule has 4 rings (SSSR count). The molecule has 14 N–H and O–H groups in total. The molecule has 0 bridgehead atoms. The lowest BCUT2D eigenvalue weighted by Crippen LogP contribution is -2.67. The summed E-state index contributed by atoms with van der Waals surface area (Å²) < 4.78 is 37.9. The molecule has 0 radical (unpaired) electrons. The van der Waals surface area contributed by atoms with Gasteiger partial charge in [0.1, 0.15) is 98.2 Å². The largest absolute Gasteiger partial charge is 0.394 e. The van der Waals surface area contributed by atoms with E-state index in [-0.39, 0.29) is 0 Å². The van der Waals surface area contributed by atoms with Crippen molar-refractivity contribution in [3.05, 3.63) is 0 Å². The van der Waals surface area contributed by atoms with Crippen LogP contribution in [0.3, 0.4) is 0 Å². The van der Waals surface area contributed by atoms with E-state index in [1.165, 1.54) is 0 Å². The first-order chi connectivity index (χ1) is 21.3. The highest BCUT2D eigenvalue weighted by Gasteiger charge is 2.59. The molecule has 21 heteroatoms. The maximum atomic E-state index is 10.9. The van der Waals surface area contributed by atoms with Crippen molar-refractivity contribution in [1.82, 2.24) is 0 Å². The Morgan fingerprint density at radius 3 is 1.31 bits per heavy atom. The second kappa shape index (κ2) is 15.1. The first kappa shape index (κ1) is 37.0. The fraction of sp³-hybridized carbons (Fsp3) is 1.00. The minimum absolute atomic E-state index is 0.784. The summed E-state index contributed by atoms with van der Waals surface area (Å²) in [5, 5.41) is 142. The van der Waals surface area contributed by atoms with Gasteiger partial charge in [-0.15, -0.1) is 0 Å². The van der Waals surface area contributed by atoms with Crippen molar-refractivity contribution in [2.24, 2.45) is 0 Å². The third-order valence-corrected chi connectivity index (χ3v) is 8.29. The van der Waals surface area contributed by atoms with Crippen LogP contribution in [0, 0.1) is 0 Å². The summed E-state index contributed by atoms with van der Waals surface area (Å²) in [5.74, 6) is -2.43. The third kappa shape index (κ3) is 7.01. The van der Waals surface area contributed by atoms with E-state index in [9.17, 15) is 71.5 Å². The standard InChI is InChI=1S/C24H42O21/c25-1-6-10(30)12(32)15(35)21(39-6)42-18-8(3-27)40-22(16(36)13(18)33)43-19-9(4-28)41-23(17(37)14(19)34)45-24(5-29)20(38)11(31)7(2-26)44-24/h6-23,25-38H,1-5H2/t6-,7-,8?,9-,10?,11?,12+,13?,14-,15?,16-,17?,18-,19?,20+,21-,22?,23?,24?/m1/s1. The fourth-order valence-electron chi connectivity index (χ4n) is 5.61. The zero-order valence-corrected chi connectivity index (χ0v) is 23.5. The van der Waals surface area contributed by atoms with Crippen molar-refractivity contribution in [1.29, 1.82) is 0 Å². The first-order valence-corrected chi connectivity index (χ1v) is 14.1. The van der Waals surface area contributed by atoms with Crippen LogP contribution in [0.5, 0.6) is 0 Å². The van der Waals surface area contributed by atoms with Crippen molar-refractivity contribution >= 4 is 0 Å². The Bertz CT molecular complexity index is 927. The van der Waals surface area contributed by atoms with Crippen molar-refractivity contribution in [2.45, 2.75) is 116 Å². The molecule has 21 nitrogen and oxygen atoms in total. The molecule has 4 heterocycles. The molecule has 4 aliphatic rings. The van der Waals surface area contributed by atoms with E-state index >= 15 is 0 Å². The Morgan fingerprint density at radius 2 is 0.867 bits per heavy atom. The lowest BCUT2D eigenvalue weighted by molar-refractivity contribution is -0.402. The van der Waals surface area contributed by atoms with Gasteiger partial charge in [0.05, 0.1) is 26.4 Å². The first-order valence-electron chi connectivity index (χ1n) is 14.1. The van der Waals surface area contributed by atoms with Crippen LogP contribution in [0.15, 0.2) is 0 Å². The number of aliphatic hydroxyl groups excluding tert-OH is 14. The Labute approximate surface area is 254 Å². The summed E-state index contributed by atoms with van der Waals surface area (Å²) >= 11 is 0. The van der Waals surface area contributed by atoms with Crippen molar-refractivity contribution in [3.8, 4) is 0 Å². The van der Waals surface area contributed by atoms with Crippen LogP contribution in [-0.2, 0) is 33.2 Å². The molecule has 45 heavy (non-hydrogen) atoms. The van der Waals surface area contributed by atoms with Crippen molar-refractivity contribution < 1.29 is 105 Å². The summed E-state index contributed by atoms with van der Waals surface area (Å²) in [6, 6.07) is 0. The lowest BCUT2D eigenvalue weighted by atomic mass is 9.96. The fourth-order valence-corrected chi connectivity index (χ4v) is 5.61. The van der Waals surface area contributed by atoms with Crippen LogP contribution in [0.4, 0.5) is 0 Å². The monoisotopic (exact) mass is 666 g/mol. The average molecular weight is 667 g/mol. The minimum Gasteiger partial charge on any atom is -0.394 e. The molecule has 4 aliphatic heterocycles. The highest BCUT2D eigenvalue weighted by molar-refractivity contribution is 5.00. The molecule has 19 atom stereocenters. The highest BCUT2D eigenvalue weighted by Crippen LogP contribution is 2.37. The van der Waals surface area contributed by atoms with Gasteiger partial charge in [-0.3, -0.25) is 0 Å². The molecular formula is C24H42O21. The molecular weight excluding hydrogens is 624 g/mol. The van der Waals surface area contributed by atoms with Gasteiger partial charge in [0, 0.05) is 0 Å². The summed E-state index contributed by atoms with van der Waals surface area (Å²) in [7, 11) is 0. The number of aliphatic hydroxyl groups is 14. The summed E-state index contributed by atoms with van der Waals surface area (Å²) in [5.41, 5.74) is 0. The molecule has 0 aromatic rings. The molecule has 4 saturated heterocycles. The smallest absolute Gasteiger partial charge is 0.224 e. The Kier molecular flexibility index (Phi) is 12.5. The van der Waals surface area contributed by atoms with Crippen molar-refractivity contribution in [3.63, 3.8) is 0 Å². The van der Waals surface area contributed by atoms with Crippen LogP contribution < -0.4 is 0 Å². The Balaban J connectivity index is 1.45. The van der Waals surface area contributed by atoms with Crippen LogP contribution in [0.1, 0.15) is 0 Å². The van der Waals surface area contributed by atoms with E-state index in [4.69, 9.17) is 33.2 Å². The maximum Gasteiger partial charge on any atom is 0.224 e. The van der Waals surface area contributed by atoms with Crippen LogP contribution in [0.2, 0.25) is 0 Å². The molecule has 0 amide bonds. The maximum absolute atomic E-state index is 10.9. The van der Waals surface area contributed by atoms with E-state index < -0.39 is 149 Å². The number of ether oxygens (including phenoxy) is 7. The zero-order chi connectivity index (χ0) is 33.4. The second-order valence-electron chi connectivity index (χ2n) is 11.2. The molecule has 0 aliphatic carbocycles. The van der Waals surface area contributed by atoms with Gasteiger partial charge in [-0.05, 0) is 0 Å². The molecule has 264 valence electrons. The zero-order valence-electron chi connectivity index (χ0n) is 23.5. The van der Waals surface area contributed by atoms with E-state index in [0.717, 1.165) is 0 Å². The number of rotatable bonds is 11. The highest BCUT2D eigenvalue weighted by atomic mass is 16.8. The van der Waals surface area contributed by atoms with Gasteiger partial charge in [0.25, 0.3) is 0 Å².